The Bertz CT molecular complexity index is 496. The lowest BCUT2D eigenvalue weighted by molar-refractivity contribution is -0.137. The highest BCUT2D eigenvalue weighted by molar-refractivity contribution is 6.02. The van der Waals surface area contributed by atoms with E-state index in [1.807, 2.05) is 6.92 Å². The molecule has 0 aliphatic heterocycles. The molecule has 0 atom stereocenters. The van der Waals surface area contributed by atoms with Gasteiger partial charge in [0, 0.05) is 24.4 Å². The van der Waals surface area contributed by atoms with Crippen LogP contribution in [0.4, 0.5) is 5.69 Å². The molecule has 120 valence electrons. The standard InChI is InChI=1S/C16H21NO5/c1-3-20-11-12-22-14-7-5-13(6-8-14)17-15(18)9-10-16(19)21-4-2/h5-10H,3-4,11-12H2,1-2H3,(H,17,18)/b10-9+. The van der Waals surface area contributed by atoms with Crippen LogP contribution in [-0.4, -0.2) is 38.3 Å². The van der Waals surface area contributed by atoms with Crippen molar-refractivity contribution in [3.63, 3.8) is 0 Å². The Labute approximate surface area is 130 Å². The van der Waals surface area contributed by atoms with Gasteiger partial charge in [0.2, 0.25) is 5.91 Å². The third-order valence-corrected chi connectivity index (χ3v) is 2.48. The van der Waals surface area contributed by atoms with Gasteiger partial charge in [0.25, 0.3) is 0 Å². The lowest BCUT2D eigenvalue weighted by Gasteiger charge is -2.07. The molecule has 0 radical (unpaired) electrons. The molecule has 1 amide bonds. The summed E-state index contributed by atoms with van der Waals surface area (Å²) in [7, 11) is 0. The Morgan fingerprint density at radius 3 is 2.41 bits per heavy atom. The summed E-state index contributed by atoms with van der Waals surface area (Å²) < 4.78 is 15.3. The molecule has 1 rings (SSSR count). The number of hydrogen-bond acceptors (Lipinski definition) is 5. The summed E-state index contributed by atoms with van der Waals surface area (Å²) >= 11 is 0. The Morgan fingerprint density at radius 1 is 1.05 bits per heavy atom. The number of esters is 1. The van der Waals surface area contributed by atoms with Crippen molar-refractivity contribution in [2.24, 2.45) is 0 Å². The predicted octanol–water partition coefficient (Wildman–Crippen LogP) is 2.16. The van der Waals surface area contributed by atoms with Crippen LogP contribution in [0.2, 0.25) is 0 Å². The van der Waals surface area contributed by atoms with Crippen LogP contribution in [0.25, 0.3) is 0 Å². The molecule has 1 N–H and O–H groups in total. The summed E-state index contributed by atoms with van der Waals surface area (Å²) in [4.78, 5) is 22.7. The number of nitrogens with one attached hydrogen (secondary N) is 1. The number of rotatable bonds is 9. The molecule has 22 heavy (non-hydrogen) atoms. The van der Waals surface area contributed by atoms with Gasteiger partial charge in [-0.05, 0) is 38.1 Å². The van der Waals surface area contributed by atoms with E-state index in [-0.39, 0.29) is 6.61 Å². The van der Waals surface area contributed by atoms with Crippen molar-refractivity contribution in [3.05, 3.63) is 36.4 Å². The van der Waals surface area contributed by atoms with Crippen molar-refractivity contribution >= 4 is 17.6 Å². The topological polar surface area (TPSA) is 73.9 Å². The Morgan fingerprint density at radius 2 is 1.77 bits per heavy atom. The maximum absolute atomic E-state index is 11.6. The number of carbonyl (C=O) groups excluding carboxylic acids is 2. The third-order valence-electron chi connectivity index (χ3n) is 2.48. The van der Waals surface area contributed by atoms with Crippen molar-refractivity contribution in [3.8, 4) is 5.75 Å². The van der Waals surface area contributed by atoms with E-state index < -0.39 is 11.9 Å². The SMILES string of the molecule is CCOCCOc1ccc(NC(=O)/C=C/C(=O)OCC)cc1. The second-order valence-electron chi connectivity index (χ2n) is 4.14. The number of anilines is 1. The molecule has 0 aliphatic rings. The number of ether oxygens (including phenoxy) is 3. The first kappa shape index (κ1) is 17.7. The number of hydrogen-bond donors (Lipinski definition) is 1. The zero-order valence-corrected chi connectivity index (χ0v) is 12.8. The highest BCUT2D eigenvalue weighted by Gasteiger charge is 2.01. The minimum absolute atomic E-state index is 0.273. The normalized spacial score (nSPS) is 10.5. The van der Waals surface area contributed by atoms with E-state index in [2.05, 4.69) is 10.1 Å². The van der Waals surface area contributed by atoms with Gasteiger partial charge in [-0.3, -0.25) is 4.79 Å². The number of benzene rings is 1. The van der Waals surface area contributed by atoms with E-state index in [0.717, 1.165) is 12.2 Å². The molecule has 0 unspecified atom stereocenters. The first-order valence-electron chi connectivity index (χ1n) is 7.12. The predicted molar refractivity (Wildman–Crippen MR) is 82.8 cm³/mol. The summed E-state index contributed by atoms with van der Waals surface area (Å²) in [6.07, 6.45) is 2.22. The van der Waals surface area contributed by atoms with E-state index in [1.165, 1.54) is 0 Å². The van der Waals surface area contributed by atoms with Gasteiger partial charge >= 0.3 is 5.97 Å². The molecular weight excluding hydrogens is 286 g/mol. The third kappa shape index (κ3) is 7.44. The molecule has 0 fully saturated rings. The summed E-state index contributed by atoms with van der Waals surface area (Å²) in [5, 5.41) is 2.63. The summed E-state index contributed by atoms with van der Waals surface area (Å²) in [6.45, 7) is 5.57. The lowest BCUT2D eigenvalue weighted by Crippen LogP contribution is -2.09. The van der Waals surface area contributed by atoms with Crippen LogP contribution >= 0.6 is 0 Å². The van der Waals surface area contributed by atoms with Gasteiger partial charge in [-0.15, -0.1) is 0 Å². The second kappa shape index (κ2) is 10.4. The van der Waals surface area contributed by atoms with Crippen molar-refractivity contribution in [2.75, 3.05) is 31.7 Å². The molecule has 0 spiro atoms. The second-order valence-corrected chi connectivity index (χ2v) is 4.14. The van der Waals surface area contributed by atoms with Crippen LogP contribution in [0.3, 0.4) is 0 Å². The molecule has 6 heteroatoms. The van der Waals surface area contributed by atoms with Gasteiger partial charge in [-0.2, -0.15) is 0 Å². The first-order chi connectivity index (χ1) is 10.7. The van der Waals surface area contributed by atoms with E-state index in [4.69, 9.17) is 9.47 Å². The average molecular weight is 307 g/mol. The Hall–Kier alpha value is -2.34. The van der Waals surface area contributed by atoms with Crippen LogP contribution < -0.4 is 10.1 Å². The maximum Gasteiger partial charge on any atom is 0.330 e. The zero-order valence-electron chi connectivity index (χ0n) is 12.8. The highest BCUT2D eigenvalue weighted by Crippen LogP contribution is 2.15. The first-order valence-corrected chi connectivity index (χ1v) is 7.12. The molecule has 0 bridgehead atoms. The molecular formula is C16H21NO5. The van der Waals surface area contributed by atoms with E-state index in [1.54, 1.807) is 31.2 Å². The maximum atomic E-state index is 11.6. The quantitative estimate of drug-likeness (QED) is 0.430. The van der Waals surface area contributed by atoms with E-state index in [9.17, 15) is 9.59 Å². The summed E-state index contributed by atoms with van der Waals surface area (Å²) in [6, 6.07) is 6.92. The minimum atomic E-state index is -0.546. The fourth-order valence-electron chi connectivity index (χ4n) is 1.52. The molecule has 0 saturated heterocycles. The van der Waals surface area contributed by atoms with Gasteiger partial charge in [-0.25, -0.2) is 4.79 Å². The Balaban J connectivity index is 2.40. The van der Waals surface area contributed by atoms with Crippen LogP contribution in [-0.2, 0) is 19.1 Å². The van der Waals surface area contributed by atoms with Gasteiger partial charge in [0.05, 0.1) is 13.2 Å². The van der Waals surface area contributed by atoms with Crippen LogP contribution in [0, 0.1) is 0 Å². The molecule has 1 aromatic carbocycles. The molecule has 0 heterocycles. The molecule has 0 aromatic heterocycles. The zero-order chi connectivity index (χ0) is 16.2. The summed E-state index contributed by atoms with van der Waals surface area (Å²) in [5.41, 5.74) is 0.607. The van der Waals surface area contributed by atoms with Gasteiger partial charge in [-0.1, -0.05) is 0 Å². The van der Waals surface area contributed by atoms with Crippen LogP contribution in [0.1, 0.15) is 13.8 Å². The van der Waals surface area contributed by atoms with Gasteiger partial charge < -0.3 is 19.5 Å². The minimum Gasteiger partial charge on any atom is -0.491 e. The van der Waals surface area contributed by atoms with E-state index in [0.29, 0.717) is 31.3 Å². The van der Waals surface area contributed by atoms with Crippen molar-refractivity contribution in [1.29, 1.82) is 0 Å². The fourth-order valence-corrected chi connectivity index (χ4v) is 1.52. The fraction of sp³-hybridized carbons (Fsp3) is 0.375. The van der Waals surface area contributed by atoms with Crippen LogP contribution in [0.15, 0.2) is 36.4 Å². The Kier molecular flexibility index (Phi) is 8.37. The molecule has 0 saturated carbocycles. The van der Waals surface area contributed by atoms with Crippen molar-refractivity contribution in [2.45, 2.75) is 13.8 Å². The number of amides is 1. The van der Waals surface area contributed by atoms with Crippen LogP contribution in [0.5, 0.6) is 5.75 Å². The molecule has 0 aliphatic carbocycles. The van der Waals surface area contributed by atoms with Gasteiger partial charge in [0.15, 0.2) is 0 Å². The summed E-state index contributed by atoms with van der Waals surface area (Å²) in [5.74, 6) is -0.256. The molecule has 1 aromatic rings. The van der Waals surface area contributed by atoms with Crippen molar-refractivity contribution in [1.82, 2.24) is 0 Å². The lowest BCUT2D eigenvalue weighted by atomic mass is 10.3. The highest BCUT2D eigenvalue weighted by atomic mass is 16.5. The number of carbonyl (C=O) groups is 2. The monoisotopic (exact) mass is 307 g/mol. The molecule has 6 nitrogen and oxygen atoms in total. The van der Waals surface area contributed by atoms with E-state index >= 15 is 0 Å². The average Bonchev–Trinajstić information content (AvgIpc) is 2.51. The largest absolute Gasteiger partial charge is 0.491 e. The smallest absolute Gasteiger partial charge is 0.330 e. The van der Waals surface area contributed by atoms with Crippen molar-refractivity contribution < 1.29 is 23.8 Å². The van der Waals surface area contributed by atoms with Gasteiger partial charge in [0.1, 0.15) is 12.4 Å².